The maximum atomic E-state index is 13.2. The number of esters is 1. The smallest absolute Gasteiger partial charge is 0.416 e. The van der Waals surface area contributed by atoms with Crippen molar-refractivity contribution < 1.29 is 40.7 Å². The van der Waals surface area contributed by atoms with E-state index in [1.807, 2.05) is 0 Å². The highest BCUT2D eigenvalue weighted by molar-refractivity contribution is 5.98. The highest BCUT2D eigenvalue weighted by Crippen LogP contribution is 2.38. The summed E-state index contributed by atoms with van der Waals surface area (Å²) in [5, 5.41) is 3.32. The number of benzene rings is 2. The summed E-state index contributed by atoms with van der Waals surface area (Å²) in [6.07, 6.45) is -7.93. The summed E-state index contributed by atoms with van der Waals surface area (Å²) in [5.41, 5.74) is -2.72. The van der Waals surface area contributed by atoms with Crippen LogP contribution in [0.4, 0.5) is 26.3 Å². The second-order valence-corrected chi connectivity index (χ2v) is 8.77. The van der Waals surface area contributed by atoms with Gasteiger partial charge in [-0.2, -0.15) is 26.3 Å². The fraction of sp³-hybridized carbons (Fsp3) is 0.346. The van der Waals surface area contributed by atoms with Gasteiger partial charge in [0.1, 0.15) is 0 Å². The van der Waals surface area contributed by atoms with Gasteiger partial charge in [-0.3, -0.25) is 9.59 Å². The fourth-order valence-corrected chi connectivity index (χ4v) is 4.45. The Morgan fingerprint density at radius 1 is 0.946 bits per heavy atom. The largest absolute Gasteiger partial charge is 0.466 e. The first-order chi connectivity index (χ1) is 17.4. The molecule has 0 radical (unpaired) electrons. The summed E-state index contributed by atoms with van der Waals surface area (Å²) in [4.78, 5) is 29.2. The minimum atomic E-state index is -4.97. The first-order valence-corrected chi connectivity index (χ1v) is 11.5. The van der Waals surface area contributed by atoms with Crippen molar-refractivity contribution in [1.29, 1.82) is 0 Å². The first kappa shape index (κ1) is 26.4. The zero-order chi connectivity index (χ0) is 27.0. The molecule has 11 heteroatoms. The second-order valence-electron chi connectivity index (χ2n) is 8.77. The van der Waals surface area contributed by atoms with Crippen LogP contribution < -0.4 is 5.32 Å². The second kappa shape index (κ2) is 10.0. The average molecular weight is 524 g/mol. The van der Waals surface area contributed by atoms with E-state index in [-0.39, 0.29) is 47.0 Å². The lowest BCUT2D eigenvalue weighted by molar-refractivity contribution is -0.148. The van der Waals surface area contributed by atoms with Crippen LogP contribution >= 0.6 is 0 Å². The number of nitrogens with one attached hydrogen (secondary N) is 1. The molecule has 0 spiro atoms. The molecule has 0 aliphatic heterocycles. The van der Waals surface area contributed by atoms with Crippen molar-refractivity contribution in [2.45, 2.75) is 44.6 Å². The Morgan fingerprint density at radius 2 is 1.62 bits per heavy atom. The van der Waals surface area contributed by atoms with Crippen LogP contribution in [0.5, 0.6) is 0 Å². The summed E-state index contributed by atoms with van der Waals surface area (Å²) in [6, 6.07) is 8.13. The van der Waals surface area contributed by atoms with Crippen molar-refractivity contribution in [3.8, 4) is 11.3 Å². The Hall–Kier alpha value is -3.63. The first-order valence-electron chi connectivity index (χ1n) is 11.5. The Kier molecular flexibility index (Phi) is 7.16. The van der Waals surface area contributed by atoms with Crippen molar-refractivity contribution in [3.63, 3.8) is 0 Å². The maximum absolute atomic E-state index is 13.2. The van der Waals surface area contributed by atoms with Gasteiger partial charge in [-0.05, 0) is 62.2 Å². The van der Waals surface area contributed by atoms with Crippen LogP contribution in [-0.2, 0) is 21.9 Å². The predicted octanol–water partition coefficient (Wildman–Crippen LogP) is 6.40. The molecular weight excluding hydrogens is 502 g/mol. The number of halogens is 6. The standard InChI is InChI=1S/C26H22F6N2O3/c1-2-37-24(36)19-4-3-5-22(19)34-23(35)15-7-9-20-14(10-15)6-8-21(33-20)16-11-17(25(27,28)29)13-18(12-16)26(30,31)32/h6-13,19,22H,2-5H2,1H3,(H,34,35)/t19-,22+/m1/s1. The van der Waals surface area contributed by atoms with E-state index in [2.05, 4.69) is 10.3 Å². The molecule has 0 unspecified atom stereocenters. The molecule has 4 rings (SSSR count). The third-order valence-electron chi connectivity index (χ3n) is 6.26. The number of aromatic nitrogens is 1. The van der Waals surface area contributed by atoms with Crippen molar-refractivity contribution >= 4 is 22.8 Å². The van der Waals surface area contributed by atoms with Gasteiger partial charge in [-0.15, -0.1) is 0 Å². The zero-order valence-corrected chi connectivity index (χ0v) is 19.5. The van der Waals surface area contributed by atoms with Crippen LogP contribution in [-0.4, -0.2) is 29.5 Å². The molecule has 1 saturated carbocycles. The molecule has 5 nitrogen and oxygen atoms in total. The van der Waals surface area contributed by atoms with E-state index in [0.29, 0.717) is 30.4 Å². The lowest BCUT2D eigenvalue weighted by atomic mass is 10.0. The van der Waals surface area contributed by atoms with Crippen LogP contribution in [0.15, 0.2) is 48.5 Å². The topological polar surface area (TPSA) is 68.3 Å². The van der Waals surface area contributed by atoms with Crippen molar-refractivity contribution in [2.24, 2.45) is 5.92 Å². The average Bonchev–Trinajstić information content (AvgIpc) is 3.30. The number of pyridine rings is 1. The van der Waals surface area contributed by atoms with Crippen LogP contribution in [0, 0.1) is 5.92 Å². The molecule has 2 aromatic carbocycles. The van der Waals surface area contributed by atoms with Crippen LogP contribution in [0.1, 0.15) is 47.7 Å². The van der Waals surface area contributed by atoms with Crippen molar-refractivity contribution in [3.05, 3.63) is 65.2 Å². The number of ether oxygens (including phenoxy) is 1. The lowest BCUT2D eigenvalue weighted by Gasteiger charge is -2.19. The number of nitrogens with zero attached hydrogens (tertiary/aromatic N) is 1. The number of amides is 1. The Morgan fingerprint density at radius 3 is 2.24 bits per heavy atom. The lowest BCUT2D eigenvalue weighted by Crippen LogP contribution is -2.40. The van der Waals surface area contributed by atoms with Crippen LogP contribution in [0.25, 0.3) is 22.2 Å². The molecule has 2 atom stereocenters. The highest BCUT2D eigenvalue weighted by Gasteiger charge is 2.37. The molecule has 0 saturated heterocycles. The molecule has 1 N–H and O–H groups in total. The Bertz CT molecular complexity index is 1300. The molecule has 1 amide bonds. The molecular formula is C26H22F6N2O3. The Balaban J connectivity index is 1.61. The quantitative estimate of drug-likeness (QED) is 0.310. The van der Waals surface area contributed by atoms with E-state index in [1.54, 1.807) is 6.92 Å². The molecule has 1 aromatic heterocycles. The number of fused-ring (bicyclic) bond motifs is 1. The monoisotopic (exact) mass is 524 g/mol. The van der Waals surface area contributed by atoms with E-state index in [9.17, 15) is 35.9 Å². The SMILES string of the molecule is CCOC(=O)[C@@H]1CCC[C@@H]1NC(=O)c1ccc2nc(-c3cc(C(F)(F)F)cc(C(F)(F)F)c3)ccc2c1. The van der Waals surface area contributed by atoms with Gasteiger partial charge in [-0.1, -0.05) is 12.5 Å². The van der Waals surface area contributed by atoms with Gasteiger partial charge in [0.25, 0.3) is 5.91 Å². The van der Waals surface area contributed by atoms with Gasteiger partial charge in [0.05, 0.1) is 34.9 Å². The number of alkyl halides is 6. The van der Waals surface area contributed by atoms with Gasteiger partial charge in [0.15, 0.2) is 0 Å². The van der Waals surface area contributed by atoms with Gasteiger partial charge in [0.2, 0.25) is 0 Å². The van der Waals surface area contributed by atoms with Crippen LogP contribution in [0.3, 0.4) is 0 Å². The molecule has 0 bridgehead atoms. The molecule has 1 heterocycles. The van der Waals surface area contributed by atoms with Crippen molar-refractivity contribution in [2.75, 3.05) is 6.61 Å². The summed E-state index contributed by atoms with van der Waals surface area (Å²) in [5.74, 6) is -1.20. The van der Waals surface area contributed by atoms with E-state index in [0.717, 1.165) is 6.42 Å². The number of carbonyl (C=O) groups is 2. The fourth-order valence-electron chi connectivity index (χ4n) is 4.45. The van der Waals surface area contributed by atoms with Crippen molar-refractivity contribution in [1.82, 2.24) is 10.3 Å². The van der Waals surface area contributed by atoms with E-state index in [1.165, 1.54) is 30.3 Å². The predicted molar refractivity (Wildman–Crippen MR) is 122 cm³/mol. The summed E-state index contributed by atoms with van der Waals surface area (Å²) >= 11 is 0. The van der Waals surface area contributed by atoms with E-state index >= 15 is 0 Å². The van der Waals surface area contributed by atoms with Gasteiger partial charge < -0.3 is 10.1 Å². The summed E-state index contributed by atoms with van der Waals surface area (Å²) in [6.45, 7) is 1.95. The van der Waals surface area contributed by atoms with Gasteiger partial charge >= 0.3 is 18.3 Å². The van der Waals surface area contributed by atoms with E-state index in [4.69, 9.17) is 4.74 Å². The summed E-state index contributed by atoms with van der Waals surface area (Å²) in [7, 11) is 0. The van der Waals surface area contributed by atoms with Crippen LogP contribution in [0.2, 0.25) is 0 Å². The molecule has 196 valence electrons. The molecule has 1 aliphatic rings. The molecule has 1 fully saturated rings. The number of carbonyl (C=O) groups excluding carboxylic acids is 2. The third-order valence-corrected chi connectivity index (χ3v) is 6.26. The minimum absolute atomic E-state index is 0.0618. The number of hydrogen-bond donors (Lipinski definition) is 1. The number of hydrogen-bond acceptors (Lipinski definition) is 4. The molecule has 37 heavy (non-hydrogen) atoms. The highest BCUT2D eigenvalue weighted by atomic mass is 19.4. The molecule has 1 aliphatic carbocycles. The summed E-state index contributed by atoms with van der Waals surface area (Å²) < 4.78 is 84.4. The minimum Gasteiger partial charge on any atom is -0.466 e. The number of rotatable bonds is 5. The third kappa shape index (κ3) is 5.86. The molecule has 3 aromatic rings. The Labute approximate surface area is 207 Å². The zero-order valence-electron chi connectivity index (χ0n) is 19.5. The van der Waals surface area contributed by atoms with Gasteiger partial charge in [0, 0.05) is 22.6 Å². The van der Waals surface area contributed by atoms with E-state index < -0.39 is 35.3 Å². The van der Waals surface area contributed by atoms with Gasteiger partial charge in [-0.25, -0.2) is 4.98 Å². The maximum Gasteiger partial charge on any atom is 0.416 e. The normalized spacial score (nSPS) is 18.1.